The molecule has 0 saturated carbocycles. The monoisotopic (exact) mass is 380 g/mol. The first-order valence-corrected chi connectivity index (χ1v) is 9.24. The van der Waals surface area contributed by atoms with Gasteiger partial charge in [0.05, 0.1) is 4.92 Å². The van der Waals surface area contributed by atoms with Crippen LogP contribution in [-0.4, -0.2) is 49.0 Å². The van der Waals surface area contributed by atoms with E-state index in [0.29, 0.717) is 6.54 Å². The van der Waals surface area contributed by atoms with Crippen molar-refractivity contribution in [1.82, 2.24) is 10.2 Å². The normalized spacial score (nSPS) is 15.0. The highest BCUT2D eigenvalue weighted by atomic mass is 16.6. The van der Waals surface area contributed by atoms with E-state index >= 15 is 0 Å². The zero-order valence-electron chi connectivity index (χ0n) is 15.9. The molecule has 0 radical (unpaired) electrons. The van der Waals surface area contributed by atoms with Crippen LogP contribution in [0.15, 0.2) is 54.6 Å². The van der Waals surface area contributed by atoms with Crippen LogP contribution in [0.4, 0.5) is 11.4 Å². The van der Waals surface area contributed by atoms with Crippen molar-refractivity contribution in [3.63, 3.8) is 0 Å². The number of carbonyl (C=O) groups excluding carboxylic acids is 1. The number of carbonyl (C=O) groups is 1. The van der Waals surface area contributed by atoms with Gasteiger partial charge in [0.25, 0.3) is 5.69 Å². The van der Waals surface area contributed by atoms with E-state index in [9.17, 15) is 14.9 Å². The number of likely N-dealkylation sites (N-methyl/N-ethyl adjacent to an activating group) is 1. The molecule has 1 fully saturated rings. The minimum absolute atomic E-state index is 0.0293. The number of amides is 1. The number of piperazine rings is 1. The van der Waals surface area contributed by atoms with E-state index in [2.05, 4.69) is 34.3 Å². The number of nitro benzene ring substituents is 1. The third-order valence-electron chi connectivity index (χ3n) is 4.80. The number of nitrogens with zero attached hydrogens (tertiary/aromatic N) is 3. The molecule has 0 spiro atoms. The van der Waals surface area contributed by atoms with Gasteiger partial charge in [-0.2, -0.15) is 0 Å². The number of benzene rings is 2. The smallest absolute Gasteiger partial charge is 0.269 e. The first-order valence-electron chi connectivity index (χ1n) is 9.24. The molecule has 0 aliphatic carbocycles. The molecule has 28 heavy (non-hydrogen) atoms. The highest BCUT2D eigenvalue weighted by molar-refractivity contribution is 5.91. The Morgan fingerprint density at radius 3 is 2.32 bits per heavy atom. The number of hydrogen-bond donors (Lipinski definition) is 1. The van der Waals surface area contributed by atoms with Crippen molar-refractivity contribution in [2.24, 2.45) is 0 Å². The fourth-order valence-electron chi connectivity index (χ4n) is 3.02. The lowest BCUT2D eigenvalue weighted by molar-refractivity contribution is -0.384. The van der Waals surface area contributed by atoms with Crippen LogP contribution in [0.5, 0.6) is 0 Å². The average molecular weight is 380 g/mol. The Hall–Kier alpha value is -3.19. The Bertz CT molecular complexity index is 839. The highest BCUT2D eigenvalue weighted by Crippen LogP contribution is 2.17. The summed E-state index contributed by atoms with van der Waals surface area (Å²) in [6.07, 6.45) is 3.06. The SMILES string of the molecule is CN1CCN(c2ccc(CNC(=O)/C=C/c3ccc([N+](=O)[O-])cc3)cc2)CC1. The molecule has 2 aromatic carbocycles. The van der Waals surface area contributed by atoms with E-state index in [1.807, 2.05) is 12.1 Å². The van der Waals surface area contributed by atoms with E-state index in [1.54, 1.807) is 18.2 Å². The van der Waals surface area contributed by atoms with E-state index < -0.39 is 4.92 Å². The van der Waals surface area contributed by atoms with Gasteiger partial charge in [-0.25, -0.2) is 0 Å². The Labute approximate surface area is 164 Å². The molecule has 1 aliphatic rings. The molecular formula is C21H24N4O3. The van der Waals surface area contributed by atoms with Gasteiger partial charge in [-0.05, 0) is 48.5 Å². The highest BCUT2D eigenvalue weighted by Gasteiger charge is 2.13. The van der Waals surface area contributed by atoms with Crippen LogP contribution in [0.3, 0.4) is 0 Å². The predicted molar refractivity (Wildman–Crippen MR) is 110 cm³/mol. The van der Waals surface area contributed by atoms with Gasteiger partial charge in [0.2, 0.25) is 5.91 Å². The number of non-ortho nitro benzene ring substituents is 1. The van der Waals surface area contributed by atoms with Gasteiger partial charge >= 0.3 is 0 Å². The standard InChI is InChI=1S/C21H24N4O3/c1-23-12-14-24(15-13-23)19-7-4-18(5-8-19)16-22-21(26)11-6-17-2-9-20(10-3-17)25(27)28/h2-11H,12-16H2,1H3,(H,22,26)/b11-6+. The van der Waals surface area contributed by atoms with E-state index in [0.717, 1.165) is 37.3 Å². The van der Waals surface area contributed by atoms with Gasteiger partial charge in [-0.1, -0.05) is 12.1 Å². The quantitative estimate of drug-likeness (QED) is 0.474. The Kier molecular flexibility index (Phi) is 6.39. The first-order chi connectivity index (χ1) is 13.5. The van der Waals surface area contributed by atoms with Crippen LogP contribution in [0.1, 0.15) is 11.1 Å². The summed E-state index contributed by atoms with van der Waals surface area (Å²) in [6, 6.07) is 14.3. The van der Waals surface area contributed by atoms with Gasteiger partial charge in [-0.3, -0.25) is 14.9 Å². The number of anilines is 1. The van der Waals surface area contributed by atoms with Crippen molar-refractivity contribution in [3.8, 4) is 0 Å². The fraction of sp³-hybridized carbons (Fsp3) is 0.286. The number of rotatable bonds is 6. The third kappa shape index (κ3) is 5.40. The predicted octanol–water partition coefficient (Wildman–Crippen LogP) is 2.68. The molecule has 7 nitrogen and oxygen atoms in total. The van der Waals surface area contributed by atoms with E-state index in [-0.39, 0.29) is 11.6 Å². The zero-order chi connectivity index (χ0) is 19.9. The molecule has 146 valence electrons. The van der Waals surface area contributed by atoms with Gasteiger partial charge in [0, 0.05) is 56.6 Å². The molecule has 1 amide bonds. The van der Waals surface area contributed by atoms with Gasteiger partial charge in [0.1, 0.15) is 0 Å². The van der Waals surface area contributed by atoms with Crippen LogP contribution in [-0.2, 0) is 11.3 Å². The maximum atomic E-state index is 12.0. The first kappa shape index (κ1) is 19.6. The van der Waals surface area contributed by atoms with E-state index in [1.165, 1.54) is 23.9 Å². The maximum Gasteiger partial charge on any atom is 0.269 e. The molecule has 1 aliphatic heterocycles. The number of nitro groups is 1. The van der Waals surface area contributed by atoms with Crippen LogP contribution in [0.2, 0.25) is 0 Å². The molecule has 1 N–H and O–H groups in total. The summed E-state index contributed by atoms with van der Waals surface area (Å²) >= 11 is 0. The topological polar surface area (TPSA) is 78.7 Å². The average Bonchev–Trinajstić information content (AvgIpc) is 2.72. The molecule has 1 heterocycles. The van der Waals surface area contributed by atoms with Gasteiger partial charge < -0.3 is 15.1 Å². The number of nitrogens with one attached hydrogen (secondary N) is 1. The van der Waals surface area contributed by atoms with Crippen LogP contribution in [0.25, 0.3) is 6.08 Å². The second kappa shape index (κ2) is 9.14. The summed E-state index contributed by atoms with van der Waals surface area (Å²) in [5.41, 5.74) is 3.01. The van der Waals surface area contributed by atoms with E-state index in [4.69, 9.17) is 0 Å². The molecule has 0 bridgehead atoms. The second-order valence-electron chi connectivity index (χ2n) is 6.86. The number of hydrogen-bond acceptors (Lipinski definition) is 5. The van der Waals surface area contributed by atoms with Crippen LogP contribution in [0, 0.1) is 10.1 Å². The fourth-order valence-corrected chi connectivity index (χ4v) is 3.02. The summed E-state index contributed by atoms with van der Waals surface area (Å²) in [5.74, 6) is -0.207. The summed E-state index contributed by atoms with van der Waals surface area (Å²) < 4.78 is 0. The van der Waals surface area contributed by atoms with Crippen molar-refractivity contribution >= 4 is 23.4 Å². The molecule has 0 unspecified atom stereocenters. The maximum absolute atomic E-state index is 12.0. The minimum Gasteiger partial charge on any atom is -0.369 e. The lowest BCUT2D eigenvalue weighted by Gasteiger charge is -2.34. The summed E-state index contributed by atoms with van der Waals surface area (Å²) in [6.45, 7) is 4.64. The van der Waals surface area contributed by atoms with Crippen LogP contribution >= 0.6 is 0 Å². The van der Waals surface area contributed by atoms with Crippen molar-refractivity contribution in [3.05, 3.63) is 75.8 Å². The van der Waals surface area contributed by atoms with Crippen molar-refractivity contribution in [2.75, 3.05) is 38.1 Å². The van der Waals surface area contributed by atoms with Crippen molar-refractivity contribution in [1.29, 1.82) is 0 Å². The lowest BCUT2D eigenvalue weighted by Crippen LogP contribution is -2.44. The summed E-state index contributed by atoms with van der Waals surface area (Å²) in [4.78, 5) is 26.9. The lowest BCUT2D eigenvalue weighted by atomic mass is 10.1. The molecule has 7 heteroatoms. The van der Waals surface area contributed by atoms with Gasteiger partial charge in [-0.15, -0.1) is 0 Å². The summed E-state index contributed by atoms with van der Waals surface area (Å²) in [7, 11) is 2.14. The molecule has 0 aromatic heterocycles. The summed E-state index contributed by atoms with van der Waals surface area (Å²) in [5, 5.41) is 13.5. The Morgan fingerprint density at radius 2 is 1.71 bits per heavy atom. The molecular weight excluding hydrogens is 356 g/mol. The Morgan fingerprint density at radius 1 is 1.07 bits per heavy atom. The molecule has 2 aromatic rings. The second-order valence-corrected chi connectivity index (χ2v) is 6.86. The van der Waals surface area contributed by atoms with Gasteiger partial charge in [0.15, 0.2) is 0 Å². The molecule has 3 rings (SSSR count). The molecule has 0 atom stereocenters. The van der Waals surface area contributed by atoms with Crippen molar-refractivity contribution < 1.29 is 9.72 Å². The van der Waals surface area contributed by atoms with Crippen LogP contribution < -0.4 is 10.2 Å². The Balaban J connectivity index is 1.48. The van der Waals surface area contributed by atoms with Crippen molar-refractivity contribution in [2.45, 2.75) is 6.54 Å². The third-order valence-corrected chi connectivity index (χ3v) is 4.80. The largest absolute Gasteiger partial charge is 0.369 e. The molecule has 1 saturated heterocycles. The minimum atomic E-state index is -0.449. The zero-order valence-corrected chi connectivity index (χ0v) is 15.9.